The number of rotatable bonds is 5. The molecule has 4 aromatic rings. The topological polar surface area (TPSA) is 50.3 Å². The van der Waals surface area contributed by atoms with E-state index >= 15 is 0 Å². The Morgan fingerprint density at radius 3 is 2.52 bits per heavy atom. The Bertz CT molecular complexity index is 1300. The number of hydrogen-bond donors (Lipinski definition) is 0. The van der Waals surface area contributed by atoms with Gasteiger partial charge < -0.3 is 0 Å². The predicted molar refractivity (Wildman–Crippen MR) is 125 cm³/mol. The van der Waals surface area contributed by atoms with Gasteiger partial charge in [0.1, 0.15) is 0 Å². The third-order valence-electron chi connectivity index (χ3n) is 5.93. The highest BCUT2D eigenvalue weighted by atomic mass is 32.2. The number of anilines is 1. The minimum absolute atomic E-state index is 0.316. The van der Waals surface area contributed by atoms with Crippen molar-refractivity contribution >= 4 is 27.0 Å². The number of pyridine rings is 1. The van der Waals surface area contributed by atoms with Crippen molar-refractivity contribution < 1.29 is 8.42 Å². The van der Waals surface area contributed by atoms with Gasteiger partial charge in [-0.1, -0.05) is 48.0 Å². The summed E-state index contributed by atoms with van der Waals surface area (Å²) in [6, 6.07) is 23.1. The number of thiophene rings is 1. The number of fused-ring (bicyclic) bond motifs is 1. The molecule has 0 N–H and O–H groups in total. The van der Waals surface area contributed by atoms with Gasteiger partial charge in [0.05, 0.1) is 16.0 Å². The number of hydrogen-bond acceptors (Lipinski definition) is 4. The number of aryl methyl sites for hydroxylation is 1. The fraction of sp³-hybridized carbons (Fsp3) is 0.160. The minimum Gasteiger partial charge on any atom is -0.265 e. The Labute approximate surface area is 186 Å². The van der Waals surface area contributed by atoms with Gasteiger partial charge in [-0.25, -0.2) is 8.42 Å². The van der Waals surface area contributed by atoms with Gasteiger partial charge in [-0.05, 0) is 60.2 Å². The summed E-state index contributed by atoms with van der Waals surface area (Å²) in [6.07, 6.45) is 4.31. The first-order chi connectivity index (χ1) is 15.0. The molecule has 4 nitrogen and oxygen atoms in total. The molecule has 1 unspecified atom stereocenters. The first kappa shape index (κ1) is 20.0. The molecular formula is C25H22N2O2S2. The Balaban J connectivity index is 1.68. The third-order valence-corrected chi connectivity index (χ3v) is 8.78. The van der Waals surface area contributed by atoms with Gasteiger partial charge >= 0.3 is 0 Å². The number of para-hydroxylation sites is 1. The van der Waals surface area contributed by atoms with Crippen molar-refractivity contribution in [1.82, 2.24) is 4.98 Å². The zero-order valence-corrected chi connectivity index (χ0v) is 18.7. The van der Waals surface area contributed by atoms with Crippen LogP contribution in [0.5, 0.6) is 0 Å². The Hall–Kier alpha value is -2.96. The Kier molecular flexibility index (Phi) is 4.91. The summed E-state index contributed by atoms with van der Waals surface area (Å²) in [5, 5.41) is 2.06. The smallest absolute Gasteiger partial charge is 0.264 e. The number of benzene rings is 2. The van der Waals surface area contributed by atoms with Gasteiger partial charge in [-0.3, -0.25) is 9.29 Å². The van der Waals surface area contributed by atoms with Crippen LogP contribution in [0.4, 0.5) is 5.69 Å². The summed E-state index contributed by atoms with van der Waals surface area (Å²) in [7, 11) is -3.70. The molecule has 0 radical (unpaired) electrons. The molecule has 0 saturated carbocycles. The Morgan fingerprint density at radius 2 is 1.81 bits per heavy atom. The van der Waals surface area contributed by atoms with Crippen LogP contribution in [0.1, 0.15) is 21.6 Å². The van der Waals surface area contributed by atoms with Gasteiger partial charge in [0, 0.05) is 23.8 Å². The minimum atomic E-state index is -3.70. The summed E-state index contributed by atoms with van der Waals surface area (Å²) in [4.78, 5) is 5.76. The SMILES string of the molecule is Cc1ccc(S(=O)(=O)N2CC(Cc3cccnc3)(c3cccs3)c3ccccc32)cc1. The number of sulfonamides is 1. The normalized spacial score (nSPS) is 18.2. The van der Waals surface area contributed by atoms with Crippen LogP contribution in [0.3, 0.4) is 0 Å². The summed E-state index contributed by atoms with van der Waals surface area (Å²) < 4.78 is 29.1. The molecule has 1 aliphatic rings. The lowest BCUT2D eigenvalue weighted by Crippen LogP contribution is -2.39. The average molecular weight is 447 g/mol. The van der Waals surface area contributed by atoms with E-state index in [-0.39, 0.29) is 0 Å². The summed E-state index contributed by atoms with van der Waals surface area (Å²) in [6.45, 7) is 2.31. The van der Waals surface area contributed by atoms with E-state index in [1.807, 2.05) is 55.6 Å². The maximum atomic E-state index is 13.7. The monoisotopic (exact) mass is 446 g/mol. The van der Waals surface area contributed by atoms with Crippen LogP contribution in [0, 0.1) is 6.92 Å². The lowest BCUT2D eigenvalue weighted by molar-refractivity contribution is 0.549. The molecule has 0 saturated heterocycles. The average Bonchev–Trinajstić information content (AvgIpc) is 3.43. The van der Waals surface area contributed by atoms with Gasteiger partial charge in [-0.2, -0.15) is 0 Å². The second-order valence-corrected chi connectivity index (χ2v) is 10.7. The molecule has 2 aromatic heterocycles. The maximum absolute atomic E-state index is 13.7. The zero-order chi connectivity index (χ0) is 21.5. The van der Waals surface area contributed by atoms with Crippen molar-refractivity contribution in [3.8, 4) is 0 Å². The summed E-state index contributed by atoms with van der Waals surface area (Å²) in [5.74, 6) is 0. The maximum Gasteiger partial charge on any atom is 0.264 e. The molecule has 0 aliphatic carbocycles. The van der Waals surface area contributed by atoms with Crippen LogP contribution in [0.2, 0.25) is 0 Å². The van der Waals surface area contributed by atoms with E-state index in [1.54, 1.807) is 34.0 Å². The van der Waals surface area contributed by atoms with Crippen molar-refractivity contribution in [2.45, 2.75) is 23.7 Å². The van der Waals surface area contributed by atoms with Gasteiger partial charge in [0.15, 0.2) is 0 Å². The van der Waals surface area contributed by atoms with E-state index in [1.165, 1.54) is 0 Å². The van der Waals surface area contributed by atoms with E-state index in [0.29, 0.717) is 17.9 Å². The first-order valence-corrected chi connectivity index (χ1v) is 12.4. The summed E-state index contributed by atoms with van der Waals surface area (Å²) >= 11 is 1.67. The van der Waals surface area contributed by atoms with Crippen LogP contribution in [-0.4, -0.2) is 19.9 Å². The lowest BCUT2D eigenvalue weighted by Gasteiger charge is -2.30. The van der Waals surface area contributed by atoms with Crippen LogP contribution >= 0.6 is 11.3 Å². The fourth-order valence-electron chi connectivity index (χ4n) is 4.41. The number of nitrogens with zero attached hydrogens (tertiary/aromatic N) is 2. The van der Waals surface area contributed by atoms with E-state index in [4.69, 9.17) is 0 Å². The third kappa shape index (κ3) is 3.36. The van der Waals surface area contributed by atoms with Crippen LogP contribution in [0.15, 0.2) is 95.5 Å². The molecule has 31 heavy (non-hydrogen) atoms. The lowest BCUT2D eigenvalue weighted by atomic mass is 9.76. The molecular weight excluding hydrogens is 424 g/mol. The fourth-order valence-corrected chi connectivity index (χ4v) is 6.89. The van der Waals surface area contributed by atoms with Gasteiger partial charge in [0.25, 0.3) is 10.0 Å². The highest BCUT2D eigenvalue weighted by Gasteiger charge is 2.48. The predicted octanol–water partition coefficient (Wildman–Crippen LogP) is 5.19. The highest BCUT2D eigenvalue weighted by molar-refractivity contribution is 7.92. The van der Waals surface area contributed by atoms with Crippen molar-refractivity contribution in [2.24, 2.45) is 0 Å². The largest absolute Gasteiger partial charge is 0.265 e. The first-order valence-electron chi connectivity index (χ1n) is 10.1. The van der Waals surface area contributed by atoms with E-state index in [9.17, 15) is 8.42 Å². The highest BCUT2D eigenvalue weighted by Crippen LogP contribution is 2.50. The second-order valence-electron chi connectivity index (χ2n) is 7.94. The molecule has 2 aromatic carbocycles. The number of aromatic nitrogens is 1. The van der Waals surface area contributed by atoms with Crippen molar-refractivity contribution in [3.63, 3.8) is 0 Å². The molecule has 0 fully saturated rings. The van der Waals surface area contributed by atoms with Crippen LogP contribution < -0.4 is 4.31 Å². The molecule has 3 heterocycles. The van der Waals surface area contributed by atoms with Crippen molar-refractivity contribution in [1.29, 1.82) is 0 Å². The molecule has 1 aliphatic heterocycles. The van der Waals surface area contributed by atoms with Crippen LogP contribution in [0.25, 0.3) is 0 Å². The quantitative estimate of drug-likeness (QED) is 0.424. The zero-order valence-electron chi connectivity index (χ0n) is 17.1. The molecule has 0 amide bonds. The molecule has 0 bridgehead atoms. The second kappa shape index (κ2) is 7.62. The van der Waals surface area contributed by atoms with E-state index in [0.717, 1.165) is 27.3 Å². The van der Waals surface area contributed by atoms with Gasteiger partial charge in [-0.15, -0.1) is 11.3 Å². The molecule has 6 heteroatoms. The molecule has 156 valence electrons. The summed E-state index contributed by atoms with van der Waals surface area (Å²) in [5.41, 5.74) is 3.44. The van der Waals surface area contributed by atoms with Gasteiger partial charge in [0.2, 0.25) is 0 Å². The van der Waals surface area contributed by atoms with Crippen LogP contribution in [-0.2, 0) is 21.9 Å². The van der Waals surface area contributed by atoms with E-state index in [2.05, 4.69) is 28.6 Å². The molecule has 5 rings (SSSR count). The standard InChI is InChI=1S/C25H22N2O2S2/c1-19-10-12-21(13-11-19)31(28,29)27-18-25(24-9-5-15-30-24,16-20-6-4-14-26-17-20)22-7-2-3-8-23(22)27/h2-15,17H,16,18H2,1H3. The van der Waals surface area contributed by atoms with E-state index < -0.39 is 15.4 Å². The molecule has 1 atom stereocenters. The molecule has 0 spiro atoms. The van der Waals surface area contributed by atoms with Crippen molar-refractivity contribution in [2.75, 3.05) is 10.8 Å². The Morgan fingerprint density at radius 1 is 1.00 bits per heavy atom. The van der Waals surface area contributed by atoms with Crippen molar-refractivity contribution in [3.05, 3.63) is 112 Å².